The van der Waals surface area contributed by atoms with E-state index in [0.29, 0.717) is 29.1 Å². The molecule has 3 aromatic carbocycles. The molecule has 2 fully saturated rings. The van der Waals surface area contributed by atoms with Crippen LogP contribution in [0.1, 0.15) is 88.1 Å². The number of aliphatic hydroxyl groups is 2. The summed E-state index contributed by atoms with van der Waals surface area (Å²) in [6.45, 7) is 7.34. The number of carboxylic acids is 2. The van der Waals surface area contributed by atoms with Crippen LogP contribution in [0.25, 0.3) is 22.4 Å². The maximum atomic E-state index is 13.5. The van der Waals surface area contributed by atoms with Gasteiger partial charge in [-0.25, -0.2) is 4.98 Å². The number of likely N-dealkylation sites (N-methyl/N-ethyl adjacent to an activating group) is 2. The number of hydrogen-bond donors (Lipinski definition) is 8. The number of quaternary nitrogens is 1. The number of carboxylic acid groups (broad SMARTS) is 2. The molecule has 3 heterocycles. The Morgan fingerprint density at radius 2 is 1.19 bits per heavy atom. The molecule has 0 bridgehead atoms. The predicted molar refractivity (Wildman–Crippen MR) is 299 cm³/mol. The van der Waals surface area contributed by atoms with Crippen molar-refractivity contribution in [3.8, 4) is 22.4 Å². The summed E-state index contributed by atoms with van der Waals surface area (Å²) >= 11 is 12.8. The lowest BCUT2D eigenvalue weighted by atomic mass is 9.57. The molecule has 21 nitrogen and oxygen atoms in total. The molecule has 0 saturated carbocycles. The van der Waals surface area contributed by atoms with E-state index >= 15 is 0 Å². The van der Waals surface area contributed by atoms with Crippen LogP contribution in [-0.4, -0.2) is 170 Å². The van der Waals surface area contributed by atoms with Gasteiger partial charge in [0.05, 0.1) is 59.7 Å². The Hall–Kier alpha value is -6.56. The van der Waals surface area contributed by atoms with Gasteiger partial charge in [-0.2, -0.15) is 0 Å². The minimum atomic E-state index is -2.56. The van der Waals surface area contributed by atoms with E-state index in [4.69, 9.17) is 42.7 Å². The number of halogens is 2. The van der Waals surface area contributed by atoms with Crippen LogP contribution in [0.4, 0.5) is 0 Å². The van der Waals surface area contributed by atoms with Crippen molar-refractivity contribution < 1.29 is 82.5 Å². The second kappa shape index (κ2) is 29.8. The maximum absolute atomic E-state index is 13.5. The van der Waals surface area contributed by atoms with Gasteiger partial charge in [-0.3, -0.25) is 43.3 Å². The zero-order valence-corrected chi connectivity index (χ0v) is 47.5. The van der Waals surface area contributed by atoms with Gasteiger partial charge in [0.2, 0.25) is 11.8 Å². The number of aliphatic carboxylic acids is 2. The quantitative estimate of drug-likeness (QED) is 0.0347. The fourth-order valence-electron chi connectivity index (χ4n) is 9.49. The molecule has 80 heavy (non-hydrogen) atoms. The second-order valence-electron chi connectivity index (χ2n) is 21.3. The zero-order valence-electron chi connectivity index (χ0n) is 46.0. The summed E-state index contributed by atoms with van der Waals surface area (Å²) in [5, 5.41) is 62.1. The third-order valence-corrected chi connectivity index (χ3v) is 14.0. The highest BCUT2D eigenvalue weighted by Gasteiger charge is 2.69. The molecule has 2 aliphatic rings. The van der Waals surface area contributed by atoms with Crippen molar-refractivity contribution in [1.29, 1.82) is 0 Å². The topological polar surface area (TPSA) is 317 Å². The van der Waals surface area contributed by atoms with Gasteiger partial charge in [-0.15, -0.1) is 0 Å². The predicted octanol–water partition coefficient (Wildman–Crippen LogP) is 4.75. The van der Waals surface area contributed by atoms with E-state index in [1.54, 1.807) is 31.3 Å². The van der Waals surface area contributed by atoms with Gasteiger partial charge in [0.1, 0.15) is 18.8 Å². The molecule has 2 saturated heterocycles. The van der Waals surface area contributed by atoms with Crippen molar-refractivity contribution in [3.05, 3.63) is 112 Å². The molecule has 8 N–H and O–H groups in total. The molecule has 4 aromatic rings. The van der Waals surface area contributed by atoms with E-state index in [9.17, 15) is 58.6 Å². The highest BCUT2D eigenvalue weighted by atomic mass is 35.5. The lowest BCUT2D eigenvalue weighted by molar-refractivity contribution is -0.794. The number of ketones is 2. The second-order valence-corrected chi connectivity index (χ2v) is 22.1. The molecule has 0 aliphatic carbocycles. The van der Waals surface area contributed by atoms with Crippen LogP contribution in [0.5, 0.6) is 0 Å². The number of nitrogens with zero attached hydrogens (tertiary/aromatic N) is 3. The third-order valence-electron chi connectivity index (χ3n) is 13.4. The third kappa shape index (κ3) is 18.5. The molecule has 2 amide bonds. The number of hydrogen-bond acceptors (Lipinski definition) is 16. The van der Waals surface area contributed by atoms with Gasteiger partial charge < -0.3 is 54.8 Å². The molecule has 0 radical (unpaired) electrons. The number of rotatable bonds is 24. The van der Waals surface area contributed by atoms with Crippen molar-refractivity contribution in [2.45, 2.75) is 91.3 Å². The van der Waals surface area contributed by atoms with Crippen molar-refractivity contribution in [2.75, 3.05) is 40.3 Å². The summed E-state index contributed by atoms with van der Waals surface area (Å²) in [7, 11) is 1.38. The van der Waals surface area contributed by atoms with Gasteiger partial charge in [-0.05, 0) is 75.4 Å². The molecule has 432 valence electrons. The lowest BCUT2D eigenvalue weighted by Crippen LogP contribution is -2.71. The standard InChI is InChI=1S/C27H34BN3O7.C23H28BCl2NO5.C5H9NO4/c1-17(2)13-24(28-31(4,15-25(34)37-28)16-26(35)38-28)30-27(36)20(18(3)32)14-23(33)22-12-8-11-21(29-22)19-9-6-5-7-10-19;1-13(2)9-21(24(31)32)27-23(30)17(14(3)28)12-20(29)19-11-16(25)10-18(22(19)26)15-7-5-4-6-8-15;1-6(2-4(7)8)3-5(9)10/h5-12,17-18,20,24,32H,13-16H2,1-4H3,(H,30,36);4-8,10-11,13-14,17,21,28,31-32H,9,12H2,1-3H3,(H,27,30);2-3H2,1H3,(H,7,8)(H,9,10)/t18-,20+,24+,28?,31?;14-,17+,21+;/m11./s1. The normalized spacial score (nSPS) is 18.6. The summed E-state index contributed by atoms with van der Waals surface area (Å²) in [6.07, 6.45) is -2.23. The van der Waals surface area contributed by atoms with Gasteiger partial charge in [0.25, 0.3) is 0 Å². The molecule has 0 unspecified atom stereocenters. The van der Waals surface area contributed by atoms with E-state index < -0.39 is 97.0 Å². The first-order valence-corrected chi connectivity index (χ1v) is 26.7. The van der Waals surface area contributed by atoms with Crippen molar-refractivity contribution in [2.24, 2.45) is 23.7 Å². The molecule has 25 heteroatoms. The fraction of sp³-hybridized carbons (Fsp3) is 0.436. The minimum Gasteiger partial charge on any atom is -0.599 e. The number of pyridine rings is 1. The van der Waals surface area contributed by atoms with E-state index in [2.05, 4.69) is 15.6 Å². The van der Waals surface area contributed by atoms with Crippen LogP contribution in [0.3, 0.4) is 0 Å². The Kier molecular flexibility index (Phi) is 24.5. The molecule has 1 aromatic heterocycles. The number of carbonyl (C=O) groups is 8. The number of aromatic nitrogens is 1. The van der Waals surface area contributed by atoms with Crippen LogP contribution in [-0.2, 0) is 38.1 Å². The Morgan fingerprint density at radius 3 is 1.66 bits per heavy atom. The highest BCUT2D eigenvalue weighted by molar-refractivity contribution is 6.67. The number of benzene rings is 3. The Morgan fingerprint density at radius 1 is 0.700 bits per heavy atom. The molecule has 0 spiro atoms. The van der Waals surface area contributed by atoms with Gasteiger partial charge in [-0.1, -0.05) is 118 Å². The van der Waals surface area contributed by atoms with Crippen LogP contribution in [0, 0.1) is 23.7 Å². The Bertz CT molecular complexity index is 2790. The van der Waals surface area contributed by atoms with Crippen molar-refractivity contribution >= 4 is 84.3 Å². The van der Waals surface area contributed by atoms with Crippen LogP contribution >= 0.6 is 23.2 Å². The smallest absolute Gasteiger partial charge is 0.599 e. The van der Waals surface area contributed by atoms with E-state index in [-0.39, 0.29) is 71.5 Å². The molecule has 2 aliphatic heterocycles. The van der Waals surface area contributed by atoms with Gasteiger partial charge in [0.15, 0.2) is 11.6 Å². The average molecular weight is 1150 g/mol. The Labute approximate surface area is 475 Å². The lowest BCUT2D eigenvalue weighted by Gasteiger charge is -2.45. The number of amides is 2. The molecule has 6 atom stereocenters. The number of carbonyl (C=O) groups excluding carboxylic acids is 6. The van der Waals surface area contributed by atoms with Crippen molar-refractivity contribution in [1.82, 2.24) is 20.5 Å². The summed E-state index contributed by atoms with van der Waals surface area (Å²) in [6, 6.07) is 26.8. The zero-order chi connectivity index (χ0) is 59.8. The average Bonchev–Trinajstić information content (AvgIpc) is 3.77. The van der Waals surface area contributed by atoms with E-state index in [1.807, 2.05) is 88.4 Å². The number of fused-ring (bicyclic) bond motifs is 1. The number of aliphatic hydroxyl groups excluding tert-OH is 2. The first kappa shape index (κ1) is 66.0. The summed E-state index contributed by atoms with van der Waals surface area (Å²) in [4.78, 5) is 103. The van der Waals surface area contributed by atoms with Crippen LogP contribution in [0.2, 0.25) is 10.0 Å². The first-order valence-electron chi connectivity index (χ1n) is 26.0. The van der Waals surface area contributed by atoms with E-state index in [0.717, 1.165) is 11.1 Å². The largest absolute Gasteiger partial charge is 0.605 e. The van der Waals surface area contributed by atoms with Crippen molar-refractivity contribution in [3.63, 3.8) is 0 Å². The fourth-order valence-corrected chi connectivity index (χ4v) is 10.0. The molecular weight excluding hydrogens is 1080 g/mol. The minimum absolute atomic E-state index is 0.0437. The summed E-state index contributed by atoms with van der Waals surface area (Å²) in [5.41, 5.74) is 3.18. The van der Waals surface area contributed by atoms with Crippen LogP contribution < -0.4 is 10.6 Å². The summed E-state index contributed by atoms with van der Waals surface area (Å²) in [5.74, 6) is -8.94. The number of Topliss-reactive ketones (excluding diaryl/α,β-unsaturated/α-hetero) is 2. The van der Waals surface area contributed by atoms with Gasteiger partial charge in [0, 0.05) is 41.6 Å². The maximum Gasteiger partial charge on any atom is 0.605 e. The highest BCUT2D eigenvalue weighted by Crippen LogP contribution is 2.39. The first-order chi connectivity index (χ1) is 37.5. The Balaban J connectivity index is 0.000000298. The SMILES string of the molecule is CC(C)C[C@H](NC(=O)[C@@H](CC(=O)c1cc(Cl)cc(-c2ccccc2)c1Cl)[C@@H](C)O)B(O)O.CC(C)C[C@H](NC(=O)[C@@H](CC(=O)c1cccc(-c2ccccc2)n1)[C@@H](C)O)[B-]12OC(=O)C[N+]1(C)CC(=O)O2.CN(CC(=O)O)CC(=O)O. The summed E-state index contributed by atoms with van der Waals surface area (Å²) < 4.78 is 11.2. The van der Waals surface area contributed by atoms with E-state index in [1.165, 1.54) is 31.9 Å². The number of nitrogens with one attached hydrogen (secondary N) is 2. The molecule has 6 rings (SSSR count). The molecular formula is C55H71B2Cl2N5O16. The monoisotopic (exact) mass is 1150 g/mol. The van der Waals surface area contributed by atoms with Crippen LogP contribution in [0.15, 0.2) is 91.0 Å². The van der Waals surface area contributed by atoms with Gasteiger partial charge >= 0.3 is 37.7 Å².